The zero-order valence-corrected chi connectivity index (χ0v) is 12.4. The van der Waals surface area contributed by atoms with Crippen LogP contribution in [0.5, 0.6) is 0 Å². The van der Waals surface area contributed by atoms with Crippen LogP contribution in [-0.4, -0.2) is 37.9 Å². The molecule has 0 unspecified atom stereocenters. The zero-order valence-electron chi connectivity index (χ0n) is 11.6. The molecule has 0 atom stereocenters. The molecule has 5 nitrogen and oxygen atoms in total. The molecule has 19 heavy (non-hydrogen) atoms. The van der Waals surface area contributed by atoms with E-state index < -0.39 is 21.6 Å². The number of carbonyl (C=O) groups is 1. The van der Waals surface area contributed by atoms with Crippen molar-refractivity contribution in [2.24, 2.45) is 0 Å². The highest BCUT2D eigenvalue weighted by Crippen LogP contribution is 2.14. The Balaban J connectivity index is 2.79. The van der Waals surface area contributed by atoms with Gasteiger partial charge in [0.25, 0.3) is 0 Å². The van der Waals surface area contributed by atoms with E-state index in [0.29, 0.717) is 0 Å². The van der Waals surface area contributed by atoms with Crippen molar-refractivity contribution in [2.45, 2.75) is 31.3 Å². The second-order valence-electron chi connectivity index (χ2n) is 5.16. The third-order valence-corrected chi connectivity index (χ3v) is 4.04. The van der Waals surface area contributed by atoms with E-state index in [4.69, 9.17) is 4.74 Å². The van der Waals surface area contributed by atoms with E-state index in [1.54, 1.807) is 39.0 Å². The Labute approximate surface area is 114 Å². The number of sulfonamides is 1. The number of nitrogens with zero attached hydrogens (tertiary/aromatic N) is 1. The summed E-state index contributed by atoms with van der Waals surface area (Å²) in [5, 5.41) is 0. The minimum Gasteiger partial charge on any atom is -0.459 e. The number of esters is 1. The van der Waals surface area contributed by atoms with E-state index in [1.165, 1.54) is 19.2 Å². The monoisotopic (exact) mass is 285 g/mol. The highest BCUT2D eigenvalue weighted by atomic mass is 32.2. The van der Waals surface area contributed by atoms with Gasteiger partial charge in [-0.2, -0.15) is 4.31 Å². The topological polar surface area (TPSA) is 63.7 Å². The molecule has 0 heterocycles. The van der Waals surface area contributed by atoms with Gasteiger partial charge < -0.3 is 4.74 Å². The minimum absolute atomic E-state index is 0.154. The van der Waals surface area contributed by atoms with Gasteiger partial charge in [-0.3, -0.25) is 4.79 Å². The van der Waals surface area contributed by atoms with Crippen molar-refractivity contribution in [1.29, 1.82) is 0 Å². The van der Waals surface area contributed by atoms with E-state index in [1.807, 2.05) is 0 Å². The Bertz CT molecular complexity index is 532. The number of carbonyl (C=O) groups excluding carboxylic acids is 1. The summed E-state index contributed by atoms with van der Waals surface area (Å²) >= 11 is 0. The van der Waals surface area contributed by atoms with Crippen molar-refractivity contribution in [3.8, 4) is 0 Å². The molecule has 0 bridgehead atoms. The predicted octanol–water partition coefficient (Wildman–Crippen LogP) is 1.65. The molecule has 0 aliphatic rings. The number of hydrogen-bond acceptors (Lipinski definition) is 4. The maximum absolute atomic E-state index is 12.2. The molecule has 0 saturated carbocycles. The van der Waals surface area contributed by atoms with Gasteiger partial charge in [0.1, 0.15) is 12.1 Å². The largest absolute Gasteiger partial charge is 0.459 e. The molecule has 0 amide bonds. The van der Waals surface area contributed by atoms with E-state index in [9.17, 15) is 13.2 Å². The van der Waals surface area contributed by atoms with Crippen molar-refractivity contribution in [2.75, 3.05) is 13.6 Å². The molecule has 0 aliphatic heterocycles. The first-order valence-corrected chi connectivity index (χ1v) is 7.30. The second kappa shape index (κ2) is 5.71. The first-order valence-electron chi connectivity index (χ1n) is 5.86. The van der Waals surface area contributed by atoms with Gasteiger partial charge in [-0.05, 0) is 32.9 Å². The van der Waals surface area contributed by atoms with Gasteiger partial charge in [0, 0.05) is 7.05 Å². The molecule has 1 aromatic carbocycles. The molecule has 0 N–H and O–H groups in total. The van der Waals surface area contributed by atoms with Crippen LogP contribution in [0.2, 0.25) is 0 Å². The van der Waals surface area contributed by atoms with Gasteiger partial charge in [-0.15, -0.1) is 0 Å². The van der Waals surface area contributed by atoms with Crippen LogP contribution >= 0.6 is 0 Å². The SMILES string of the molecule is CN(CC(=O)OC(C)(C)C)S(=O)(=O)c1ccccc1. The molecule has 0 aliphatic carbocycles. The summed E-state index contributed by atoms with van der Waals surface area (Å²) in [5.74, 6) is -0.575. The summed E-state index contributed by atoms with van der Waals surface area (Å²) in [6, 6.07) is 7.97. The van der Waals surface area contributed by atoms with E-state index in [2.05, 4.69) is 0 Å². The van der Waals surface area contributed by atoms with Crippen LogP contribution in [0.15, 0.2) is 35.2 Å². The number of likely N-dealkylation sites (N-methyl/N-ethyl adjacent to an activating group) is 1. The van der Waals surface area contributed by atoms with Crippen LogP contribution < -0.4 is 0 Å². The van der Waals surface area contributed by atoms with Crippen molar-refractivity contribution in [3.05, 3.63) is 30.3 Å². The van der Waals surface area contributed by atoms with Crippen molar-refractivity contribution in [3.63, 3.8) is 0 Å². The van der Waals surface area contributed by atoms with Gasteiger partial charge in [0.05, 0.1) is 4.90 Å². The minimum atomic E-state index is -3.66. The van der Waals surface area contributed by atoms with Crippen molar-refractivity contribution in [1.82, 2.24) is 4.31 Å². The second-order valence-corrected chi connectivity index (χ2v) is 7.21. The molecular formula is C13H19NO4S. The van der Waals surface area contributed by atoms with Crippen LogP contribution in [0.25, 0.3) is 0 Å². The fourth-order valence-corrected chi connectivity index (χ4v) is 2.55. The Kier molecular flexibility index (Phi) is 4.70. The number of hydrogen-bond donors (Lipinski definition) is 0. The molecule has 1 aromatic rings. The van der Waals surface area contributed by atoms with Gasteiger partial charge >= 0.3 is 5.97 Å². The zero-order chi connectivity index (χ0) is 14.7. The highest BCUT2D eigenvalue weighted by molar-refractivity contribution is 7.89. The lowest BCUT2D eigenvalue weighted by molar-refractivity contribution is -0.154. The smallest absolute Gasteiger partial charge is 0.321 e. The molecule has 0 fully saturated rings. The van der Waals surface area contributed by atoms with Crippen LogP contribution in [-0.2, 0) is 19.6 Å². The van der Waals surface area contributed by atoms with E-state index >= 15 is 0 Å². The lowest BCUT2D eigenvalue weighted by Gasteiger charge is -2.22. The lowest BCUT2D eigenvalue weighted by atomic mass is 10.2. The third-order valence-electron chi connectivity index (χ3n) is 2.22. The standard InChI is InChI=1S/C13H19NO4S/c1-13(2,3)18-12(15)10-14(4)19(16,17)11-8-6-5-7-9-11/h5-9H,10H2,1-4H3. The summed E-state index contributed by atoms with van der Waals surface area (Å²) < 4.78 is 30.4. The highest BCUT2D eigenvalue weighted by Gasteiger charge is 2.25. The summed E-state index contributed by atoms with van der Waals surface area (Å²) in [6.07, 6.45) is 0. The summed E-state index contributed by atoms with van der Waals surface area (Å²) in [7, 11) is -2.30. The molecule has 1 rings (SSSR count). The van der Waals surface area contributed by atoms with Crippen LogP contribution in [0.3, 0.4) is 0 Å². The van der Waals surface area contributed by atoms with Crippen molar-refractivity contribution >= 4 is 16.0 Å². The number of ether oxygens (including phenoxy) is 1. The molecule has 106 valence electrons. The molecule has 0 saturated heterocycles. The average molecular weight is 285 g/mol. The fourth-order valence-electron chi connectivity index (χ4n) is 1.41. The maximum atomic E-state index is 12.2. The molecule has 0 spiro atoms. The average Bonchev–Trinajstić information content (AvgIpc) is 2.27. The molecule has 0 aromatic heterocycles. The molecule has 0 radical (unpaired) electrons. The quantitative estimate of drug-likeness (QED) is 0.789. The first kappa shape index (κ1) is 15.7. The van der Waals surface area contributed by atoms with Gasteiger partial charge in [-0.25, -0.2) is 8.42 Å². The molecular weight excluding hydrogens is 266 g/mol. The Morgan fingerprint density at radius 3 is 2.21 bits per heavy atom. The Morgan fingerprint density at radius 2 is 1.74 bits per heavy atom. The van der Waals surface area contributed by atoms with Gasteiger partial charge in [0.15, 0.2) is 0 Å². The normalized spacial score (nSPS) is 12.5. The lowest BCUT2D eigenvalue weighted by Crippen LogP contribution is -2.36. The summed E-state index contributed by atoms with van der Waals surface area (Å²) in [5.41, 5.74) is -0.631. The van der Waals surface area contributed by atoms with Crippen LogP contribution in [0, 0.1) is 0 Å². The Morgan fingerprint density at radius 1 is 1.21 bits per heavy atom. The van der Waals surface area contributed by atoms with Crippen molar-refractivity contribution < 1.29 is 17.9 Å². The first-order chi connectivity index (χ1) is 8.63. The maximum Gasteiger partial charge on any atom is 0.321 e. The van der Waals surface area contributed by atoms with Crippen LogP contribution in [0.1, 0.15) is 20.8 Å². The third kappa shape index (κ3) is 4.65. The Hall–Kier alpha value is -1.40. The summed E-state index contributed by atoms with van der Waals surface area (Å²) in [6.45, 7) is 4.89. The van der Waals surface area contributed by atoms with E-state index in [0.717, 1.165) is 4.31 Å². The fraction of sp³-hybridized carbons (Fsp3) is 0.462. The molecule has 6 heteroatoms. The number of rotatable bonds is 4. The van der Waals surface area contributed by atoms with Gasteiger partial charge in [-0.1, -0.05) is 18.2 Å². The van der Waals surface area contributed by atoms with Crippen LogP contribution in [0.4, 0.5) is 0 Å². The van der Waals surface area contributed by atoms with E-state index in [-0.39, 0.29) is 11.4 Å². The van der Waals surface area contributed by atoms with Gasteiger partial charge in [0.2, 0.25) is 10.0 Å². The summed E-state index contributed by atoms with van der Waals surface area (Å²) in [4.78, 5) is 11.8. The predicted molar refractivity (Wildman–Crippen MR) is 72.1 cm³/mol. The number of benzene rings is 1.